The number of aryl methyl sites for hydroxylation is 1. The van der Waals surface area contributed by atoms with Gasteiger partial charge in [0.25, 0.3) is 0 Å². The molecule has 2 N–H and O–H groups in total. The third-order valence-corrected chi connectivity index (χ3v) is 7.80. The largest absolute Gasteiger partial charge is 0.390 e. The zero-order chi connectivity index (χ0) is 24.2. The topological polar surface area (TPSA) is 122 Å². The molecule has 0 spiro atoms. The Balaban J connectivity index is 1.45. The molecule has 0 radical (unpaired) electrons. The van der Waals surface area contributed by atoms with Gasteiger partial charge in [-0.15, -0.1) is 0 Å². The smallest absolute Gasteiger partial charge is 0.223 e. The summed E-state index contributed by atoms with van der Waals surface area (Å²) >= 11 is 6.38. The highest BCUT2D eigenvalue weighted by molar-refractivity contribution is 7.88. The van der Waals surface area contributed by atoms with Gasteiger partial charge in [-0.3, -0.25) is 0 Å². The normalized spacial score (nSPS) is 22.1. The number of nitrogens with zero attached hydrogens (tertiary/aromatic N) is 5. The van der Waals surface area contributed by atoms with E-state index in [1.54, 1.807) is 6.07 Å². The lowest BCUT2D eigenvalue weighted by Gasteiger charge is -2.34. The zero-order valence-electron chi connectivity index (χ0n) is 18.6. The molecule has 2 aromatic heterocycles. The summed E-state index contributed by atoms with van der Waals surface area (Å²) in [6, 6.07) is 2.79. The maximum Gasteiger partial charge on any atom is 0.223 e. The lowest BCUT2D eigenvalue weighted by atomic mass is 10.0. The number of nitrogens with one attached hydrogen (secondary N) is 1. The number of ether oxygens (including phenoxy) is 1. The Morgan fingerprint density at radius 2 is 2.06 bits per heavy atom. The number of benzene rings is 1. The molecule has 1 unspecified atom stereocenters. The van der Waals surface area contributed by atoms with Crippen LogP contribution in [-0.2, 0) is 14.8 Å². The summed E-state index contributed by atoms with van der Waals surface area (Å²) in [5.41, 5.74) is 1.71. The van der Waals surface area contributed by atoms with Gasteiger partial charge in [0.1, 0.15) is 11.3 Å². The molecule has 2 aliphatic heterocycles. The van der Waals surface area contributed by atoms with Crippen LogP contribution < -0.4 is 5.32 Å². The Morgan fingerprint density at radius 3 is 2.71 bits per heavy atom. The quantitative estimate of drug-likeness (QED) is 0.534. The number of sulfonamides is 1. The highest BCUT2D eigenvalue weighted by Gasteiger charge is 2.32. The number of piperidine rings is 1. The van der Waals surface area contributed by atoms with Crippen molar-refractivity contribution in [3.05, 3.63) is 35.0 Å². The van der Waals surface area contributed by atoms with E-state index in [0.717, 1.165) is 6.26 Å². The van der Waals surface area contributed by atoms with Crippen molar-refractivity contribution in [2.45, 2.75) is 31.5 Å². The van der Waals surface area contributed by atoms with Crippen molar-refractivity contribution < 1.29 is 22.7 Å². The van der Waals surface area contributed by atoms with E-state index in [2.05, 4.69) is 20.3 Å². The third-order valence-electron chi connectivity index (χ3n) is 6.26. The molecule has 0 bridgehead atoms. The molecule has 0 aliphatic carbocycles. The second kappa shape index (κ2) is 8.68. The van der Waals surface area contributed by atoms with Crippen LogP contribution in [0.3, 0.4) is 0 Å². The summed E-state index contributed by atoms with van der Waals surface area (Å²) in [6.07, 6.45) is 1.96. The maximum absolute atomic E-state index is 15.0. The minimum Gasteiger partial charge on any atom is -0.390 e. The van der Waals surface area contributed by atoms with Crippen LogP contribution in [-0.4, -0.2) is 82.1 Å². The van der Waals surface area contributed by atoms with Crippen LogP contribution in [0.15, 0.2) is 18.3 Å². The Morgan fingerprint density at radius 1 is 1.29 bits per heavy atom. The first-order chi connectivity index (χ1) is 16.1. The van der Waals surface area contributed by atoms with E-state index < -0.39 is 28.0 Å². The van der Waals surface area contributed by atoms with Gasteiger partial charge in [0.2, 0.25) is 16.0 Å². The fraction of sp³-hybridized carbons (Fsp3) is 0.476. The van der Waals surface area contributed by atoms with Crippen molar-refractivity contribution >= 4 is 38.6 Å². The first-order valence-corrected chi connectivity index (χ1v) is 13.0. The van der Waals surface area contributed by atoms with Gasteiger partial charge in [-0.05, 0) is 25.5 Å². The Bertz CT molecular complexity index is 1360. The fourth-order valence-corrected chi connectivity index (χ4v) is 5.48. The van der Waals surface area contributed by atoms with Gasteiger partial charge in [-0.1, -0.05) is 11.6 Å². The summed E-state index contributed by atoms with van der Waals surface area (Å²) in [5, 5.41) is 13.8. The first kappa shape index (κ1) is 23.4. The summed E-state index contributed by atoms with van der Waals surface area (Å²) in [7, 11) is -3.38. The van der Waals surface area contributed by atoms with Gasteiger partial charge in [0, 0.05) is 18.7 Å². The van der Waals surface area contributed by atoms with E-state index in [1.807, 2.05) is 11.5 Å². The van der Waals surface area contributed by atoms with Crippen molar-refractivity contribution in [2.24, 2.45) is 0 Å². The molecular formula is C21H24ClFN6O4S. The Kier molecular flexibility index (Phi) is 5.97. The molecule has 0 saturated carbocycles. The summed E-state index contributed by atoms with van der Waals surface area (Å²) in [4.78, 5) is 13.1. The van der Waals surface area contributed by atoms with Gasteiger partial charge in [0.05, 0.1) is 60.1 Å². The van der Waals surface area contributed by atoms with Gasteiger partial charge in [-0.2, -0.15) is 4.31 Å². The molecule has 2 saturated heterocycles. The predicted octanol–water partition coefficient (Wildman–Crippen LogP) is 1.97. The van der Waals surface area contributed by atoms with E-state index in [1.165, 1.54) is 16.6 Å². The molecule has 0 amide bonds. The molecule has 1 aromatic carbocycles. The standard InChI is InChI=1S/C21H24ClFN6O4S/c1-11-25-20-15(23)5-12(6-17(20)29(11)13-9-33-10-13)19-14(22)7-24-21(27-19)26-16-3-4-28(8-18(16)30)34(2,31)32/h5-7,13,16,18,30H,3-4,8-10H2,1-2H3,(H,24,26,27)/t16?,18-/m1/s1. The number of imidazole rings is 1. The van der Waals surface area contributed by atoms with E-state index in [-0.39, 0.29) is 35.6 Å². The number of aliphatic hydroxyl groups is 1. The minimum absolute atomic E-state index is 0.0208. The SMILES string of the molecule is Cc1nc2c(F)cc(-c3nc(NC4CCN(S(C)(=O)=O)C[C@H]4O)ncc3Cl)cc2n1C1COC1. The molecule has 4 heterocycles. The van der Waals surface area contributed by atoms with E-state index in [9.17, 15) is 13.5 Å². The molecule has 5 rings (SSSR count). The maximum atomic E-state index is 15.0. The summed E-state index contributed by atoms with van der Waals surface area (Å²) in [6.45, 7) is 3.16. The first-order valence-electron chi connectivity index (χ1n) is 10.8. The summed E-state index contributed by atoms with van der Waals surface area (Å²) < 4.78 is 47.0. The number of fused-ring (bicyclic) bond motifs is 1. The number of hydrogen-bond donors (Lipinski definition) is 2. The van der Waals surface area contributed by atoms with Crippen LogP contribution >= 0.6 is 11.6 Å². The van der Waals surface area contributed by atoms with E-state index in [0.29, 0.717) is 42.2 Å². The van der Waals surface area contributed by atoms with Gasteiger partial charge in [0.15, 0.2) is 5.82 Å². The second-order valence-electron chi connectivity index (χ2n) is 8.66. The summed E-state index contributed by atoms with van der Waals surface area (Å²) in [5.74, 6) is 0.418. The van der Waals surface area contributed by atoms with Crippen LogP contribution in [0.1, 0.15) is 18.3 Å². The van der Waals surface area contributed by atoms with Crippen molar-refractivity contribution in [1.82, 2.24) is 23.8 Å². The van der Waals surface area contributed by atoms with Crippen molar-refractivity contribution in [2.75, 3.05) is 37.9 Å². The zero-order valence-corrected chi connectivity index (χ0v) is 20.1. The van der Waals surface area contributed by atoms with Crippen molar-refractivity contribution in [3.63, 3.8) is 0 Å². The van der Waals surface area contributed by atoms with Crippen LogP contribution in [0.5, 0.6) is 0 Å². The number of aliphatic hydroxyl groups excluding tert-OH is 1. The lowest BCUT2D eigenvalue weighted by molar-refractivity contribution is -0.0224. The molecule has 13 heteroatoms. The predicted molar refractivity (Wildman–Crippen MR) is 125 cm³/mol. The van der Waals surface area contributed by atoms with Gasteiger partial charge < -0.3 is 19.7 Å². The van der Waals surface area contributed by atoms with Gasteiger partial charge >= 0.3 is 0 Å². The molecule has 2 atom stereocenters. The molecule has 2 fully saturated rings. The average molecular weight is 511 g/mol. The second-order valence-corrected chi connectivity index (χ2v) is 11.1. The van der Waals surface area contributed by atoms with Gasteiger partial charge in [-0.25, -0.2) is 27.8 Å². The Hall–Kier alpha value is -2.38. The van der Waals surface area contributed by atoms with Crippen LogP contribution in [0.2, 0.25) is 5.02 Å². The molecular weight excluding hydrogens is 487 g/mol. The minimum atomic E-state index is -3.38. The number of anilines is 1. The third kappa shape index (κ3) is 4.24. The highest BCUT2D eigenvalue weighted by atomic mass is 35.5. The van der Waals surface area contributed by atoms with Crippen molar-refractivity contribution in [3.8, 4) is 11.3 Å². The van der Waals surface area contributed by atoms with Crippen LogP contribution in [0.25, 0.3) is 22.3 Å². The molecule has 2 aliphatic rings. The number of hydrogen-bond acceptors (Lipinski definition) is 8. The molecule has 3 aromatic rings. The molecule has 34 heavy (non-hydrogen) atoms. The fourth-order valence-electron chi connectivity index (χ4n) is 4.42. The van der Waals surface area contributed by atoms with Crippen LogP contribution in [0, 0.1) is 12.7 Å². The number of β-amino-alcohol motifs (C(OH)–C–C–N with tert-alkyl or cyclic N) is 1. The van der Waals surface area contributed by atoms with E-state index >= 15 is 4.39 Å². The highest BCUT2D eigenvalue weighted by Crippen LogP contribution is 2.33. The number of rotatable bonds is 5. The lowest BCUT2D eigenvalue weighted by Crippen LogP contribution is -2.51. The molecule has 10 nitrogen and oxygen atoms in total. The van der Waals surface area contributed by atoms with Crippen molar-refractivity contribution in [1.29, 1.82) is 0 Å². The van der Waals surface area contributed by atoms with Crippen LogP contribution in [0.4, 0.5) is 10.3 Å². The molecule has 182 valence electrons. The van der Waals surface area contributed by atoms with E-state index in [4.69, 9.17) is 16.3 Å². The average Bonchev–Trinajstić information content (AvgIpc) is 3.05. The monoisotopic (exact) mass is 510 g/mol. The number of aromatic nitrogens is 4. The Labute approximate surface area is 200 Å². The number of halogens is 2.